The van der Waals surface area contributed by atoms with Crippen molar-refractivity contribution in [3.05, 3.63) is 27.8 Å². The zero-order valence-electron chi connectivity index (χ0n) is 11.5. The van der Waals surface area contributed by atoms with Gasteiger partial charge in [-0.1, -0.05) is 11.6 Å². The highest BCUT2D eigenvalue weighted by molar-refractivity contribution is 6.32. The van der Waals surface area contributed by atoms with Crippen LogP contribution in [0.3, 0.4) is 0 Å². The Bertz CT molecular complexity index is 449. The number of methoxy groups -OCH3 is 1. The van der Waals surface area contributed by atoms with E-state index in [9.17, 15) is 0 Å². The number of hydrogen-bond donors (Lipinski definition) is 1. The lowest BCUT2D eigenvalue weighted by molar-refractivity contribution is 0.400. The molecule has 0 bridgehead atoms. The zero-order valence-corrected chi connectivity index (χ0v) is 12.2. The Kier molecular flexibility index (Phi) is 3.88. The molecule has 3 heteroatoms. The minimum atomic E-state index is -0.247. The fourth-order valence-corrected chi connectivity index (χ4v) is 3.12. The first-order chi connectivity index (χ1) is 8.42. The zero-order chi connectivity index (χ0) is 13.3. The molecule has 100 valence electrons. The fourth-order valence-electron chi connectivity index (χ4n) is 2.80. The Balaban J connectivity index is 2.54. The van der Waals surface area contributed by atoms with Gasteiger partial charge < -0.3 is 10.5 Å². The van der Waals surface area contributed by atoms with Crippen molar-refractivity contribution in [1.29, 1.82) is 0 Å². The predicted octanol–water partition coefficient (Wildman–Crippen LogP) is 3.51. The summed E-state index contributed by atoms with van der Waals surface area (Å²) in [6.45, 7) is 4.09. The van der Waals surface area contributed by atoms with Gasteiger partial charge in [-0.05, 0) is 63.1 Å². The molecule has 0 saturated carbocycles. The van der Waals surface area contributed by atoms with Gasteiger partial charge in [0.05, 0.1) is 12.1 Å². The molecule has 2 N–H and O–H groups in total. The first kappa shape index (κ1) is 13.7. The lowest BCUT2D eigenvalue weighted by Crippen LogP contribution is -2.35. The third-order valence-corrected chi connectivity index (χ3v) is 3.78. The van der Waals surface area contributed by atoms with Gasteiger partial charge in [-0.25, -0.2) is 0 Å². The van der Waals surface area contributed by atoms with Crippen molar-refractivity contribution in [1.82, 2.24) is 0 Å². The van der Waals surface area contributed by atoms with E-state index in [2.05, 4.69) is 6.07 Å². The van der Waals surface area contributed by atoms with Gasteiger partial charge in [0.1, 0.15) is 5.75 Å². The minimum Gasteiger partial charge on any atom is -0.495 e. The van der Waals surface area contributed by atoms with Gasteiger partial charge in [0, 0.05) is 11.1 Å². The summed E-state index contributed by atoms with van der Waals surface area (Å²) in [5.74, 6) is 0.816. The van der Waals surface area contributed by atoms with Crippen LogP contribution < -0.4 is 10.5 Å². The maximum Gasteiger partial charge on any atom is 0.140 e. The van der Waals surface area contributed by atoms with E-state index in [0.717, 1.165) is 30.0 Å². The van der Waals surface area contributed by atoms with Gasteiger partial charge in [0.2, 0.25) is 0 Å². The summed E-state index contributed by atoms with van der Waals surface area (Å²) >= 11 is 6.33. The van der Waals surface area contributed by atoms with Crippen LogP contribution in [0.4, 0.5) is 0 Å². The highest BCUT2D eigenvalue weighted by Crippen LogP contribution is 2.38. The lowest BCUT2D eigenvalue weighted by atomic mass is 9.83. The van der Waals surface area contributed by atoms with Gasteiger partial charge in [0.15, 0.2) is 0 Å². The summed E-state index contributed by atoms with van der Waals surface area (Å²) in [6.07, 6.45) is 5.54. The average molecular weight is 268 g/mol. The Hall–Kier alpha value is -0.730. The maximum absolute atomic E-state index is 6.33. The normalized spacial score (nSPS) is 15.4. The van der Waals surface area contributed by atoms with Gasteiger partial charge in [0.25, 0.3) is 0 Å². The standard InChI is InChI=1S/C15H22ClNO/c1-15(2,17)9-12-11-7-5-4-6-10(11)8-13(16)14(12)18-3/h8H,4-7,9,17H2,1-3H3. The van der Waals surface area contributed by atoms with Gasteiger partial charge >= 0.3 is 0 Å². The van der Waals surface area contributed by atoms with Crippen LogP contribution in [-0.2, 0) is 19.3 Å². The molecule has 0 saturated heterocycles. The molecule has 0 aliphatic heterocycles. The third kappa shape index (κ3) is 2.81. The number of rotatable bonds is 3. The van der Waals surface area contributed by atoms with Crippen molar-refractivity contribution in [2.45, 2.75) is 51.5 Å². The SMILES string of the molecule is COc1c(Cl)cc2c(c1CC(C)(C)N)CCCC2. The molecule has 0 amide bonds. The third-order valence-electron chi connectivity index (χ3n) is 3.50. The maximum atomic E-state index is 6.33. The van der Waals surface area contributed by atoms with Crippen molar-refractivity contribution in [3.63, 3.8) is 0 Å². The first-order valence-corrected chi connectivity index (χ1v) is 6.96. The van der Waals surface area contributed by atoms with Gasteiger partial charge in [-0.3, -0.25) is 0 Å². The summed E-state index contributed by atoms with van der Waals surface area (Å²) in [5.41, 5.74) is 9.94. The highest BCUT2D eigenvalue weighted by atomic mass is 35.5. The molecule has 1 aromatic carbocycles. The van der Waals surface area contributed by atoms with Crippen LogP contribution in [0, 0.1) is 0 Å². The summed E-state index contributed by atoms with van der Waals surface area (Å²) in [6, 6.07) is 2.07. The number of ether oxygens (including phenoxy) is 1. The molecule has 1 aliphatic carbocycles. The molecule has 0 radical (unpaired) electrons. The number of benzene rings is 1. The molecule has 1 aromatic rings. The Morgan fingerprint density at radius 2 is 2.00 bits per heavy atom. The second kappa shape index (κ2) is 5.10. The number of nitrogens with two attached hydrogens (primary N) is 1. The van der Waals surface area contributed by atoms with Crippen LogP contribution >= 0.6 is 11.6 Å². The van der Waals surface area contributed by atoms with Crippen LogP contribution in [0.25, 0.3) is 0 Å². The summed E-state index contributed by atoms with van der Waals surface area (Å²) < 4.78 is 5.50. The van der Waals surface area contributed by atoms with Crippen molar-refractivity contribution < 1.29 is 4.74 Å². The lowest BCUT2D eigenvalue weighted by Gasteiger charge is -2.27. The van der Waals surface area contributed by atoms with Crippen LogP contribution in [0.15, 0.2) is 6.07 Å². The van der Waals surface area contributed by atoms with Crippen molar-refractivity contribution in [3.8, 4) is 5.75 Å². The largest absolute Gasteiger partial charge is 0.495 e. The molecule has 2 rings (SSSR count). The van der Waals surface area contributed by atoms with Crippen molar-refractivity contribution in [2.24, 2.45) is 5.73 Å². The van der Waals surface area contributed by atoms with E-state index >= 15 is 0 Å². The Morgan fingerprint density at radius 3 is 2.61 bits per heavy atom. The van der Waals surface area contributed by atoms with Crippen LogP contribution in [0.1, 0.15) is 43.4 Å². The molecule has 0 aromatic heterocycles. The van der Waals surface area contributed by atoms with Gasteiger partial charge in [-0.2, -0.15) is 0 Å². The van der Waals surface area contributed by atoms with E-state index in [-0.39, 0.29) is 5.54 Å². The number of aryl methyl sites for hydroxylation is 1. The average Bonchev–Trinajstić information content (AvgIpc) is 2.27. The molecular weight excluding hydrogens is 246 g/mol. The fraction of sp³-hybridized carbons (Fsp3) is 0.600. The molecule has 2 nitrogen and oxygen atoms in total. The second-order valence-corrected chi connectivity index (χ2v) is 6.29. The molecular formula is C15H22ClNO. The molecule has 0 unspecified atom stereocenters. The number of halogens is 1. The monoisotopic (exact) mass is 267 g/mol. The van der Waals surface area contributed by atoms with E-state index in [1.165, 1.54) is 29.5 Å². The molecule has 1 aliphatic rings. The Labute approximate surface area is 114 Å². The first-order valence-electron chi connectivity index (χ1n) is 6.58. The van der Waals surface area contributed by atoms with Gasteiger partial charge in [-0.15, -0.1) is 0 Å². The van der Waals surface area contributed by atoms with Crippen LogP contribution in [0.2, 0.25) is 5.02 Å². The predicted molar refractivity (Wildman–Crippen MR) is 76.6 cm³/mol. The smallest absolute Gasteiger partial charge is 0.140 e. The number of fused-ring (bicyclic) bond motifs is 1. The van der Waals surface area contributed by atoms with E-state index in [1.54, 1.807) is 7.11 Å². The number of hydrogen-bond acceptors (Lipinski definition) is 2. The molecule has 0 atom stereocenters. The minimum absolute atomic E-state index is 0.247. The molecule has 0 fully saturated rings. The summed E-state index contributed by atoms with van der Waals surface area (Å²) in [7, 11) is 1.68. The van der Waals surface area contributed by atoms with E-state index in [0.29, 0.717) is 0 Å². The van der Waals surface area contributed by atoms with E-state index < -0.39 is 0 Å². The second-order valence-electron chi connectivity index (χ2n) is 5.88. The highest BCUT2D eigenvalue weighted by Gasteiger charge is 2.24. The van der Waals surface area contributed by atoms with Crippen LogP contribution in [-0.4, -0.2) is 12.6 Å². The molecule has 0 heterocycles. The molecule has 18 heavy (non-hydrogen) atoms. The van der Waals surface area contributed by atoms with Crippen molar-refractivity contribution in [2.75, 3.05) is 7.11 Å². The summed E-state index contributed by atoms with van der Waals surface area (Å²) in [5, 5.41) is 0.720. The quantitative estimate of drug-likeness (QED) is 0.910. The Morgan fingerprint density at radius 1 is 1.33 bits per heavy atom. The van der Waals surface area contributed by atoms with E-state index in [4.69, 9.17) is 22.1 Å². The van der Waals surface area contributed by atoms with E-state index in [1.807, 2.05) is 13.8 Å². The van der Waals surface area contributed by atoms with Crippen LogP contribution in [0.5, 0.6) is 5.75 Å². The topological polar surface area (TPSA) is 35.2 Å². The summed E-state index contributed by atoms with van der Waals surface area (Å²) in [4.78, 5) is 0. The molecule has 0 spiro atoms. The van der Waals surface area contributed by atoms with Crippen molar-refractivity contribution >= 4 is 11.6 Å².